The lowest BCUT2D eigenvalue weighted by molar-refractivity contribution is 0.0342. The van der Waals surface area contributed by atoms with Gasteiger partial charge in [0.1, 0.15) is 0 Å². The number of nitrogens with one attached hydrogen (secondary N) is 1. The quantitative estimate of drug-likeness (QED) is 0.460. The van der Waals surface area contributed by atoms with Crippen LogP contribution in [0.1, 0.15) is 38.2 Å². The highest BCUT2D eigenvalue weighted by molar-refractivity contribution is 7.92. The number of benzene rings is 3. The fraction of sp³-hybridized carbons (Fsp3) is 0.345. The van der Waals surface area contributed by atoms with Crippen molar-refractivity contribution in [3.8, 4) is 0 Å². The molecule has 196 valence electrons. The van der Waals surface area contributed by atoms with E-state index in [0.29, 0.717) is 17.8 Å². The predicted octanol–water partition coefficient (Wildman–Crippen LogP) is 4.03. The predicted molar refractivity (Wildman–Crippen MR) is 147 cm³/mol. The van der Waals surface area contributed by atoms with Crippen molar-refractivity contribution >= 4 is 21.6 Å². The molecule has 0 saturated carbocycles. The van der Waals surface area contributed by atoms with E-state index in [1.54, 1.807) is 24.3 Å². The number of nitrogens with zero attached hydrogens (tertiary/aromatic N) is 2. The molecule has 1 aliphatic rings. The van der Waals surface area contributed by atoms with Crippen LogP contribution < -0.4 is 9.62 Å². The van der Waals surface area contributed by atoms with Gasteiger partial charge in [-0.15, -0.1) is 0 Å². The van der Waals surface area contributed by atoms with Crippen LogP contribution >= 0.6 is 0 Å². The Hall–Kier alpha value is -3.20. The summed E-state index contributed by atoms with van der Waals surface area (Å²) in [7, 11) is -3.48. The molecule has 0 radical (unpaired) electrons. The Bertz CT molecular complexity index is 1300. The van der Waals surface area contributed by atoms with Gasteiger partial charge >= 0.3 is 0 Å². The molecule has 0 bridgehead atoms. The van der Waals surface area contributed by atoms with Gasteiger partial charge in [0.15, 0.2) is 0 Å². The zero-order chi connectivity index (χ0) is 26.4. The molecule has 1 fully saturated rings. The van der Waals surface area contributed by atoms with Crippen LogP contribution in [0.15, 0.2) is 66.7 Å². The number of carbonyl (C=O) groups excluding carboxylic acids is 1. The summed E-state index contributed by atoms with van der Waals surface area (Å²) in [6, 6.07) is 21.1. The third kappa shape index (κ3) is 7.64. The summed E-state index contributed by atoms with van der Waals surface area (Å²) in [6.07, 6.45) is 1.21. The average molecular weight is 522 g/mol. The zero-order valence-electron chi connectivity index (χ0n) is 21.7. The number of rotatable bonds is 9. The minimum absolute atomic E-state index is 0.168. The molecule has 3 aromatic carbocycles. The summed E-state index contributed by atoms with van der Waals surface area (Å²) in [4.78, 5) is 15.1. The van der Waals surface area contributed by atoms with Gasteiger partial charge in [0.2, 0.25) is 10.0 Å². The van der Waals surface area contributed by atoms with Crippen LogP contribution in [0.2, 0.25) is 0 Å². The number of ether oxygens (including phenoxy) is 1. The van der Waals surface area contributed by atoms with E-state index in [1.165, 1.54) is 16.1 Å². The topological polar surface area (TPSA) is 79.0 Å². The number of hydrogen-bond donors (Lipinski definition) is 1. The molecule has 0 aromatic heterocycles. The number of sulfonamides is 1. The van der Waals surface area contributed by atoms with Crippen LogP contribution in [0.3, 0.4) is 0 Å². The molecular weight excluding hydrogens is 486 g/mol. The molecule has 0 atom stereocenters. The number of carbonyl (C=O) groups is 1. The van der Waals surface area contributed by atoms with Crippen molar-refractivity contribution < 1.29 is 17.9 Å². The fourth-order valence-corrected chi connectivity index (χ4v) is 5.36. The van der Waals surface area contributed by atoms with E-state index >= 15 is 0 Å². The second-order valence-corrected chi connectivity index (χ2v) is 11.6. The smallest absolute Gasteiger partial charge is 0.251 e. The molecule has 8 heteroatoms. The number of anilines is 1. The van der Waals surface area contributed by atoms with Gasteiger partial charge in [0, 0.05) is 31.7 Å². The monoisotopic (exact) mass is 521 g/mol. The third-order valence-electron chi connectivity index (χ3n) is 6.42. The van der Waals surface area contributed by atoms with Gasteiger partial charge in [-0.1, -0.05) is 42.5 Å². The molecule has 0 aliphatic carbocycles. The summed E-state index contributed by atoms with van der Waals surface area (Å²) < 4.78 is 31.9. The Balaban J connectivity index is 1.34. The highest BCUT2D eigenvalue weighted by Crippen LogP contribution is 2.24. The first-order valence-corrected chi connectivity index (χ1v) is 14.3. The molecule has 7 nitrogen and oxygen atoms in total. The zero-order valence-corrected chi connectivity index (χ0v) is 22.6. The number of aryl methyl sites for hydroxylation is 2. The minimum atomic E-state index is -3.48. The maximum absolute atomic E-state index is 12.7. The van der Waals surface area contributed by atoms with E-state index in [9.17, 15) is 13.2 Å². The highest BCUT2D eigenvalue weighted by Gasteiger charge is 2.19. The average Bonchev–Trinajstić information content (AvgIpc) is 2.86. The molecule has 3 aromatic rings. The van der Waals surface area contributed by atoms with Gasteiger partial charge in [0.05, 0.1) is 31.7 Å². The first-order chi connectivity index (χ1) is 17.7. The molecule has 1 amide bonds. The van der Waals surface area contributed by atoms with Gasteiger partial charge < -0.3 is 10.1 Å². The molecule has 4 rings (SSSR count). The van der Waals surface area contributed by atoms with E-state index in [2.05, 4.69) is 22.3 Å². The van der Waals surface area contributed by atoms with Crippen LogP contribution in [-0.2, 0) is 34.4 Å². The summed E-state index contributed by atoms with van der Waals surface area (Å²) >= 11 is 0. The molecule has 1 saturated heterocycles. The summed E-state index contributed by atoms with van der Waals surface area (Å²) in [5, 5.41) is 2.97. The van der Waals surface area contributed by atoms with Gasteiger partial charge in [-0.05, 0) is 65.9 Å². The standard InChI is InChI=1S/C29H35N3O4S/c1-22-16-23(2)18-28(17-22)32(37(3,34)35)21-26-8-10-27(11-9-26)29(33)30-19-24-4-6-25(7-5-24)20-31-12-14-36-15-13-31/h4-11,16-18H,12-15,19-21H2,1-3H3,(H,30,33). The van der Waals surface area contributed by atoms with Crippen molar-refractivity contribution in [2.24, 2.45) is 0 Å². The summed E-state index contributed by atoms with van der Waals surface area (Å²) in [6.45, 7) is 8.91. The lowest BCUT2D eigenvalue weighted by atomic mass is 10.1. The van der Waals surface area contributed by atoms with E-state index < -0.39 is 10.0 Å². The van der Waals surface area contributed by atoms with Gasteiger partial charge in [0.25, 0.3) is 5.91 Å². The molecular formula is C29H35N3O4S. The molecule has 1 heterocycles. The summed E-state index contributed by atoms with van der Waals surface area (Å²) in [5.41, 5.74) is 6.26. The van der Waals surface area contributed by atoms with Gasteiger partial charge in [-0.3, -0.25) is 14.0 Å². The van der Waals surface area contributed by atoms with Crippen molar-refractivity contribution in [2.45, 2.75) is 33.5 Å². The van der Waals surface area contributed by atoms with Crippen LogP contribution in [0, 0.1) is 13.8 Å². The van der Waals surface area contributed by atoms with Crippen molar-refractivity contribution in [2.75, 3.05) is 36.9 Å². The minimum Gasteiger partial charge on any atom is -0.379 e. The van der Waals surface area contributed by atoms with Crippen LogP contribution in [0.5, 0.6) is 0 Å². The van der Waals surface area contributed by atoms with E-state index in [1.807, 2.05) is 44.2 Å². The maximum atomic E-state index is 12.7. The maximum Gasteiger partial charge on any atom is 0.251 e. The molecule has 0 unspecified atom stereocenters. The SMILES string of the molecule is Cc1cc(C)cc(N(Cc2ccc(C(=O)NCc3ccc(CN4CCOCC4)cc3)cc2)S(C)(=O)=O)c1. The third-order valence-corrected chi connectivity index (χ3v) is 7.56. The van der Waals surface area contributed by atoms with E-state index in [-0.39, 0.29) is 12.5 Å². The van der Waals surface area contributed by atoms with Crippen molar-refractivity contribution in [3.63, 3.8) is 0 Å². The molecule has 0 spiro atoms. The van der Waals surface area contributed by atoms with Crippen molar-refractivity contribution in [1.29, 1.82) is 0 Å². The normalized spacial score (nSPS) is 14.4. The first-order valence-electron chi connectivity index (χ1n) is 12.5. The summed E-state index contributed by atoms with van der Waals surface area (Å²) in [5.74, 6) is -0.168. The number of hydrogen-bond acceptors (Lipinski definition) is 5. The number of amides is 1. The van der Waals surface area contributed by atoms with E-state index in [4.69, 9.17) is 4.74 Å². The van der Waals surface area contributed by atoms with Crippen LogP contribution in [0.4, 0.5) is 5.69 Å². The Morgan fingerprint density at radius 1 is 0.892 bits per heavy atom. The second-order valence-electron chi connectivity index (χ2n) is 9.70. The van der Waals surface area contributed by atoms with Crippen LogP contribution in [0.25, 0.3) is 0 Å². The largest absolute Gasteiger partial charge is 0.379 e. The van der Waals surface area contributed by atoms with Gasteiger partial charge in [-0.25, -0.2) is 8.42 Å². The fourth-order valence-electron chi connectivity index (χ4n) is 4.49. The Morgan fingerprint density at radius 3 is 2.05 bits per heavy atom. The molecule has 37 heavy (non-hydrogen) atoms. The van der Waals surface area contributed by atoms with E-state index in [0.717, 1.165) is 55.1 Å². The first kappa shape index (κ1) is 26.9. The lowest BCUT2D eigenvalue weighted by Crippen LogP contribution is -2.35. The van der Waals surface area contributed by atoms with Crippen molar-refractivity contribution in [3.05, 3.63) is 100 Å². The number of morpholine rings is 1. The lowest BCUT2D eigenvalue weighted by Gasteiger charge is -2.26. The second kappa shape index (κ2) is 11.9. The van der Waals surface area contributed by atoms with Crippen molar-refractivity contribution in [1.82, 2.24) is 10.2 Å². The highest BCUT2D eigenvalue weighted by atomic mass is 32.2. The molecule has 1 aliphatic heterocycles. The Morgan fingerprint density at radius 2 is 1.46 bits per heavy atom. The van der Waals surface area contributed by atoms with Crippen LogP contribution in [-0.4, -0.2) is 51.8 Å². The van der Waals surface area contributed by atoms with Gasteiger partial charge in [-0.2, -0.15) is 0 Å². The Labute approximate surface area is 220 Å². The molecule has 1 N–H and O–H groups in total. The Kier molecular flexibility index (Phi) is 8.63.